The van der Waals surface area contributed by atoms with E-state index in [0.29, 0.717) is 0 Å². The number of rotatable bonds is 3. The number of halogens is 1. The Morgan fingerprint density at radius 2 is 2.12 bits per heavy atom. The Bertz CT molecular complexity index is 510. The number of aliphatic hydroxyl groups excluding tert-OH is 1. The molecule has 0 saturated carbocycles. The van der Waals surface area contributed by atoms with Gasteiger partial charge in [-0.3, -0.25) is 0 Å². The Morgan fingerprint density at radius 1 is 1.35 bits per heavy atom. The average Bonchev–Trinajstić information content (AvgIpc) is 2.71. The van der Waals surface area contributed by atoms with Crippen LogP contribution in [0.25, 0.3) is 10.6 Å². The van der Waals surface area contributed by atoms with Gasteiger partial charge in [-0.1, -0.05) is 0 Å². The maximum atomic E-state index is 9.92. The van der Waals surface area contributed by atoms with Crippen molar-refractivity contribution in [3.8, 4) is 10.6 Å². The van der Waals surface area contributed by atoms with E-state index in [1.807, 2.05) is 32.2 Å². The molecule has 2 rings (SSSR count). The number of hydrogen-bond donors (Lipinski definition) is 1. The quantitative estimate of drug-likeness (QED) is 0.594. The zero-order valence-electron chi connectivity index (χ0n) is 9.94. The van der Waals surface area contributed by atoms with E-state index >= 15 is 0 Å². The molecule has 0 amide bonds. The van der Waals surface area contributed by atoms with Crippen molar-refractivity contribution in [1.82, 2.24) is 9.97 Å². The van der Waals surface area contributed by atoms with Crippen molar-refractivity contribution >= 4 is 11.3 Å². The van der Waals surface area contributed by atoms with Gasteiger partial charge in [0.05, 0.1) is 0 Å². The Labute approximate surface area is 115 Å². The van der Waals surface area contributed by atoms with E-state index in [1.54, 1.807) is 11.3 Å². The fraction of sp³-hybridized carbons (Fsp3) is 0.333. The van der Waals surface area contributed by atoms with Gasteiger partial charge >= 0.3 is 116 Å². The summed E-state index contributed by atoms with van der Waals surface area (Å²) in [6, 6.07) is 4.01. The Hall–Kier alpha value is -0.530. The van der Waals surface area contributed by atoms with Crippen LogP contribution < -0.4 is 21.2 Å². The van der Waals surface area contributed by atoms with E-state index in [-0.39, 0.29) is 25.3 Å². The molecule has 0 spiro atoms. The standard InChI is InChI=1S/C12H14IN2OS/c1-7-4-5-9(6-14-7)12-15-8(2)10(17-12)11(16)13-3/h4-6,11,16H,1-3H3/q-1. The molecule has 0 aliphatic carbocycles. The second-order valence-electron chi connectivity index (χ2n) is 3.71. The zero-order valence-corrected chi connectivity index (χ0v) is 12.9. The van der Waals surface area contributed by atoms with E-state index < -0.39 is 0 Å². The number of aliphatic hydroxyl groups is 1. The van der Waals surface area contributed by atoms with Crippen LogP contribution in [0.15, 0.2) is 18.3 Å². The van der Waals surface area contributed by atoms with Crippen molar-refractivity contribution < 1.29 is 26.3 Å². The topological polar surface area (TPSA) is 46.0 Å². The van der Waals surface area contributed by atoms with Gasteiger partial charge in [-0.05, 0) is 0 Å². The van der Waals surface area contributed by atoms with Crippen molar-refractivity contribution in [3.05, 3.63) is 34.6 Å². The fourth-order valence-electron chi connectivity index (χ4n) is 1.45. The first kappa shape index (κ1) is 12.9. The first-order valence-corrected chi connectivity index (χ1v) is 9.40. The van der Waals surface area contributed by atoms with Crippen molar-refractivity contribution in [3.63, 3.8) is 0 Å². The minimum absolute atomic E-state index is 0.202. The summed E-state index contributed by atoms with van der Waals surface area (Å²) < 4.78 is -0.293. The van der Waals surface area contributed by atoms with Crippen molar-refractivity contribution in [2.75, 3.05) is 4.93 Å². The van der Waals surface area contributed by atoms with Crippen LogP contribution in [0.1, 0.15) is 20.4 Å². The minimum atomic E-state index is -0.293. The predicted octanol–water partition coefficient (Wildman–Crippen LogP) is -0.468. The Kier molecular flexibility index (Phi) is 4.11. The van der Waals surface area contributed by atoms with Gasteiger partial charge in [-0.15, -0.1) is 0 Å². The molecular formula is C12H14IN2OS-. The Morgan fingerprint density at radius 3 is 2.71 bits per heavy atom. The first-order chi connectivity index (χ1) is 8.11. The van der Waals surface area contributed by atoms with Crippen LogP contribution in [0.3, 0.4) is 0 Å². The molecule has 0 aliphatic rings. The molecule has 2 aromatic heterocycles. The van der Waals surface area contributed by atoms with Crippen molar-refractivity contribution in [2.24, 2.45) is 0 Å². The summed E-state index contributed by atoms with van der Waals surface area (Å²) in [5.41, 5.74) is 2.97. The van der Waals surface area contributed by atoms with Crippen LogP contribution >= 0.6 is 11.3 Å². The summed E-state index contributed by atoms with van der Waals surface area (Å²) in [5.74, 6) is 0. The summed E-state index contributed by atoms with van der Waals surface area (Å²) in [7, 11) is 0. The van der Waals surface area contributed by atoms with Gasteiger partial charge in [0.25, 0.3) is 0 Å². The molecule has 0 radical (unpaired) electrons. The SMILES string of the molecule is C[I-]C(O)c1sc(-c2ccc(C)nc2)nc1C. The molecule has 2 aromatic rings. The van der Waals surface area contributed by atoms with Gasteiger partial charge in [0, 0.05) is 0 Å². The summed E-state index contributed by atoms with van der Waals surface area (Å²) in [4.78, 5) is 11.9. The van der Waals surface area contributed by atoms with Gasteiger partial charge in [0.2, 0.25) is 0 Å². The molecular weight excluding hydrogens is 347 g/mol. The molecule has 5 heteroatoms. The monoisotopic (exact) mass is 361 g/mol. The molecule has 0 fully saturated rings. The number of thiazole rings is 1. The molecule has 0 saturated heterocycles. The van der Waals surface area contributed by atoms with E-state index in [4.69, 9.17) is 0 Å². The third-order valence-corrected chi connectivity index (χ3v) is 5.90. The van der Waals surface area contributed by atoms with Gasteiger partial charge in [0.15, 0.2) is 0 Å². The number of pyridine rings is 1. The molecule has 1 atom stereocenters. The summed E-state index contributed by atoms with van der Waals surface area (Å²) in [6.45, 7) is 3.92. The average molecular weight is 361 g/mol. The van der Waals surface area contributed by atoms with E-state index in [2.05, 4.69) is 14.9 Å². The van der Waals surface area contributed by atoms with E-state index in [0.717, 1.165) is 26.8 Å². The number of alkyl halides is 2. The van der Waals surface area contributed by atoms with Gasteiger partial charge < -0.3 is 0 Å². The molecule has 2 heterocycles. The van der Waals surface area contributed by atoms with E-state index in [9.17, 15) is 5.11 Å². The summed E-state index contributed by atoms with van der Waals surface area (Å²) in [6.07, 6.45) is 1.84. The number of hydrogen-bond acceptors (Lipinski definition) is 4. The van der Waals surface area contributed by atoms with Crippen LogP contribution in [0.2, 0.25) is 0 Å². The molecule has 92 valence electrons. The maximum absolute atomic E-state index is 9.92. The number of aromatic nitrogens is 2. The fourth-order valence-corrected chi connectivity index (χ4v) is 4.36. The van der Waals surface area contributed by atoms with Crippen LogP contribution in [0.4, 0.5) is 0 Å². The molecule has 3 nitrogen and oxygen atoms in total. The summed E-state index contributed by atoms with van der Waals surface area (Å²) in [5, 5.41) is 10.9. The van der Waals surface area contributed by atoms with Crippen LogP contribution in [-0.4, -0.2) is 20.0 Å². The normalized spacial score (nSPS) is 12.9. The van der Waals surface area contributed by atoms with Gasteiger partial charge in [0.1, 0.15) is 0 Å². The second kappa shape index (κ2) is 5.41. The number of nitrogens with zero attached hydrogens (tertiary/aromatic N) is 2. The summed E-state index contributed by atoms with van der Waals surface area (Å²) >= 11 is 1.38. The van der Waals surface area contributed by atoms with Crippen LogP contribution in [-0.2, 0) is 0 Å². The van der Waals surface area contributed by atoms with Crippen molar-refractivity contribution in [2.45, 2.75) is 18.0 Å². The van der Waals surface area contributed by atoms with Gasteiger partial charge in [-0.25, -0.2) is 0 Å². The number of aryl methyl sites for hydroxylation is 2. The molecule has 0 aromatic carbocycles. The molecule has 0 aliphatic heterocycles. The van der Waals surface area contributed by atoms with Crippen LogP contribution in [0.5, 0.6) is 0 Å². The molecule has 0 bridgehead atoms. The molecule has 17 heavy (non-hydrogen) atoms. The van der Waals surface area contributed by atoms with Crippen molar-refractivity contribution in [1.29, 1.82) is 0 Å². The molecule has 1 unspecified atom stereocenters. The second-order valence-corrected chi connectivity index (χ2v) is 7.17. The van der Waals surface area contributed by atoms with Gasteiger partial charge in [-0.2, -0.15) is 0 Å². The first-order valence-electron chi connectivity index (χ1n) is 5.18. The van der Waals surface area contributed by atoms with Crippen LogP contribution in [0, 0.1) is 13.8 Å². The third-order valence-electron chi connectivity index (χ3n) is 2.41. The zero-order chi connectivity index (χ0) is 12.4. The Balaban J connectivity index is 2.37. The van der Waals surface area contributed by atoms with E-state index in [1.165, 1.54) is 0 Å². The molecule has 1 N–H and O–H groups in total. The predicted molar refractivity (Wildman–Crippen MR) is 65.7 cm³/mol. The third kappa shape index (κ3) is 2.83.